The number of pyridine rings is 1. The van der Waals surface area contributed by atoms with Crippen molar-refractivity contribution in [2.24, 2.45) is 0 Å². The van der Waals surface area contributed by atoms with E-state index in [4.69, 9.17) is 5.11 Å². The van der Waals surface area contributed by atoms with Crippen molar-refractivity contribution in [1.82, 2.24) is 4.98 Å². The zero-order valence-electron chi connectivity index (χ0n) is 9.13. The molecule has 2 aromatic rings. The van der Waals surface area contributed by atoms with Crippen LogP contribution in [-0.2, 0) is 12.8 Å². The van der Waals surface area contributed by atoms with Crippen molar-refractivity contribution < 1.29 is 5.11 Å². The average Bonchev–Trinajstić information content (AvgIpc) is 2.33. The fourth-order valence-corrected chi connectivity index (χ4v) is 1.69. The molecule has 1 aromatic carbocycles. The van der Waals surface area contributed by atoms with E-state index in [1.165, 1.54) is 16.7 Å². The van der Waals surface area contributed by atoms with Gasteiger partial charge in [0.2, 0.25) is 0 Å². The maximum absolute atomic E-state index is 8.82. The molecule has 0 bridgehead atoms. The largest absolute Gasteiger partial charge is 0.396 e. The standard InChI is InChI=1S/C14H15NO/c16-9-7-12-3-5-13(6-4-12)10-14-2-1-8-15-11-14/h1-6,8,11,16H,7,9-10H2. The van der Waals surface area contributed by atoms with Crippen LogP contribution in [0.5, 0.6) is 0 Å². The number of hydrogen-bond donors (Lipinski definition) is 1. The normalized spacial score (nSPS) is 10.3. The summed E-state index contributed by atoms with van der Waals surface area (Å²) in [5, 5.41) is 8.82. The molecule has 0 fully saturated rings. The van der Waals surface area contributed by atoms with Gasteiger partial charge in [0, 0.05) is 19.0 Å². The van der Waals surface area contributed by atoms with Gasteiger partial charge in [0.05, 0.1) is 0 Å². The monoisotopic (exact) mass is 213 g/mol. The molecule has 2 nitrogen and oxygen atoms in total. The van der Waals surface area contributed by atoms with Crippen LogP contribution in [0.3, 0.4) is 0 Å². The summed E-state index contributed by atoms with van der Waals surface area (Å²) in [5.41, 5.74) is 3.67. The van der Waals surface area contributed by atoms with Gasteiger partial charge in [0.25, 0.3) is 0 Å². The third-order valence-electron chi connectivity index (χ3n) is 2.55. The van der Waals surface area contributed by atoms with E-state index in [1.54, 1.807) is 6.20 Å². The van der Waals surface area contributed by atoms with E-state index >= 15 is 0 Å². The third kappa shape index (κ3) is 2.91. The fourth-order valence-electron chi connectivity index (χ4n) is 1.69. The summed E-state index contributed by atoms with van der Waals surface area (Å²) in [6, 6.07) is 12.4. The quantitative estimate of drug-likeness (QED) is 0.844. The van der Waals surface area contributed by atoms with Gasteiger partial charge in [0.1, 0.15) is 0 Å². The lowest BCUT2D eigenvalue weighted by Gasteiger charge is -2.03. The zero-order chi connectivity index (χ0) is 11.2. The van der Waals surface area contributed by atoms with Gasteiger partial charge in [-0.1, -0.05) is 30.3 Å². The molecule has 1 N–H and O–H groups in total. The van der Waals surface area contributed by atoms with Gasteiger partial charge in [-0.3, -0.25) is 4.98 Å². The Morgan fingerprint density at radius 1 is 0.938 bits per heavy atom. The molecule has 0 saturated carbocycles. The summed E-state index contributed by atoms with van der Waals surface area (Å²) in [4.78, 5) is 4.09. The van der Waals surface area contributed by atoms with Crippen molar-refractivity contribution in [1.29, 1.82) is 0 Å². The lowest BCUT2D eigenvalue weighted by Crippen LogP contribution is -1.92. The molecule has 0 saturated heterocycles. The number of nitrogens with zero attached hydrogens (tertiary/aromatic N) is 1. The second kappa shape index (κ2) is 5.42. The van der Waals surface area contributed by atoms with Crippen LogP contribution < -0.4 is 0 Å². The van der Waals surface area contributed by atoms with Crippen LogP contribution in [0.1, 0.15) is 16.7 Å². The second-order valence-corrected chi connectivity index (χ2v) is 3.83. The van der Waals surface area contributed by atoms with Gasteiger partial charge < -0.3 is 5.11 Å². The summed E-state index contributed by atoms with van der Waals surface area (Å²) in [6.45, 7) is 0.210. The highest BCUT2D eigenvalue weighted by molar-refractivity contribution is 5.27. The Bertz CT molecular complexity index is 422. The second-order valence-electron chi connectivity index (χ2n) is 3.83. The molecule has 1 heterocycles. The number of aliphatic hydroxyl groups excluding tert-OH is 1. The van der Waals surface area contributed by atoms with Gasteiger partial charge in [0.15, 0.2) is 0 Å². The first kappa shape index (κ1) is 10.8. The van der Waals surface area contributed by atoms with Gasteiger partial charge in [-0.05, 0) is 35.6 Å². The van der Waals surface area contributed by atoms with Crippen LogP contribution in [0.25, 0.3) is 0 Å². The Kier molecular flexibility index (Phi) is 3.67. The van der Waals surface area contributed by atoms with E-state index in [1.807, 2.05) is 12.3 Å². The molecular formula is C14H15NO. The molecule has 0 aliphatic heterocycles. The van der Waals surface area contributed by atoms with Crippen LogP contribution in [-0.4, -0.2) is 16.7 Å². The van der Waals surface area contributed by atoms with Crippen LogP contribution in [0.2, 0.25) is 0 Å². The van der Waals surface area contributed by atoms with Crippen molar-refractivity contribution in [3.05, 3.63) is 65.5 Å². The van der Waals surface area contributed by atoms with E-state index in [-0.39, 0.29) is 6.61 Å². The van der Waals surface area contributed by atoms with E-state index in [0.717, 1.165) is 12.8 Å². The minimum Gasteiger partial charge on any atom is -0.396 e. The molecular weight excluding hydrogens is 198 g/mol. The minimum atomic E-state index is 0.210. The van der Waals surface area contributed by atoms with E-state index in [0.29, 0.717) is 0 Å². The van der Waals surface area contributed by atoms with Crippen molar-refractivity contribution in [3.8, 4) is 0 Å². The Hall–Kier alpha value is -1.67. The van der Waals surface area contributed by atoms with Crippen molar-refractivity contribution in [2.75, 3.05) is 6.61 Å². The van der Waals surface area contributed by atoms with Crippen molar-refractivity contribution in [3.63, 3.8) is 0 Å². The van der Waals surface area contributed by atoms with Crippen LogP contribution in [0.15, 0.2) is 48.8 Å². The highest BCUT2D eigenvalue weighted by Crippen LogP contribution is 2.10. The van der Waals surface area contributed by atoms with Crippen LogP contribution in [0, 0.1) is 0 Å². The molecule has 82 valence electrons. The van der Waals surface area contributed by atoms with Crippen LogP contribution in [0.4, 0.5) is 0 Å². The first-order valence-corrected chi connectivity index (χ1v) is 5.46. The molecule has 0 unspecified atom stereocenters. The molecule has 0 aliphatic carbocycles. The number of hydrogen-bond acceptors (Lipinski definition) is 2. The molecule has 0 aliphatic rings. The smallest absolute Gasteiger partial charge is 0.0471 e. The molecule has 0 amide bonds. The number of rotatable bonds is 4. The molecule has 16 heavy (non-hydrogen) atoms. The molecule has 0 radical (unpaired) electrons. The zero-order valence-corrected chi connectivity index (χ0v) is 9.13. The Morgan fingerprint density at radius 3 is 2.31 bits per heavy atom. The molecule has 2 heteroatoms. The molecule has 0 spiro atoms. The van der Waals surface area contributed by atoms with Gasteiger partial charge >= 0.3 is 0 Å². The lowest BCUT2D eigenvalue weighted by molar-refractivity contribution is 0.299. The summed E-state index contributed by atoms with van der Waals surface area (Å²) >= 11 is 0. The number of aromatic nitrogens is 1. The highest BCUT2D eigenvalue weighted by atomic mass is 16.2. The van der Waals surface area contributed by atoms with Gasteiger partial charge in [-0.2, -0.15) is 0 Å². The maximum Gasteiger partial charge on any atom is 0.0471 e. The Morgan fingerprint density at radius 2 is 1.69 bits per heavy atom. The summed E-state index contributed by atoms with van der Waals surface area (Å²) in [6.07, 6.45) is 5.32. The number of benzene rings is 1. The Balaban J connectivity index is 2.05. The predicted molar refractivity (Wildman–Crippen MR) is 64.3 cm³/mol. The predicted octanol–water partition coefficient (Wildman–Crippen LogP) is 2.21. The van der Waals surface area contributed by atoms with E-state index in [9.17, 15) is 0 Å². The Labute approximate surface area is 95.6 Å². The molecule has 1 aromatic heterocycles. The fraction of sp³-hybridized carbons (Fsp3) is 0.214. The summed E-state index contributed by atoms with van der Waals surface area (Å²) < 4.78 is 0. The topological polar surface area (TPSA) is 33.1 Å². The van der Waals surface area contributed by atoms with Crippen LogP contribution >= 0.6 is 0 Å². The van der Waals surface area contributed by atoms with Gasteiger partial charge in [-0.25, -0.2) is 0 Å². The van der Waals surface area contributed by atoms with Gasteiger partial charge in [-0.15, -0.1) is 0 Å². The van der Waals surface area contributed by atoms with Crippen molar-refractivity contribution in [2.45, 2.75) is 12.8 Å². The molecule has 2 rings (SSSR count). The third-order valence-corrected chi connectivity index (χ3v) is 2.55. The van der Waals surface area contributed by atoms with Crippen molar-refractivity contribution >= 4 is 0 Å². The molecule has 0 atom stereocenters. The highest BCUT2D eigenvalue weighted by Gasteiger charge is 1.96. The first-order valence-electron chi connectivity index (χ1n) is 5.46. The average molecular weight is 213 g/mol. The maximum atomic E-state index is 8.82. The summed E-state index contributed by atoms with van der Waals surface area (Å²) in [7, 11) is 0. The first-order chi connectivity index (χ1) is 7.88. The minimum absolute atomic E-state index is 0.210. The van der Waals surface area contributed by atoms with E-state index < -0.39 is 0 Å². The number of aliphatic hydroxyl groups is 1. The lowest BCUT2D eigenvalue weighted by atomic mass is 10.0. The SMILES string of the molecule is OCCc1ccc(Cc2cccnc2)cc1. The van der Waals surface area contributed by atoms with E-state index in [2.05, 4.69) is 35.3 Å². The summed E-state index contributed by atoms with van der Waals surface area (Å²) in [5.74, 6) is 0.